The van der Waals surface area contributed by atoms with Gasteiger partial charge in [-0.25, -0.2) is 0 Å². The Kier molecular flexibility index (Phi) is 4.33. The van der Waals surface area contributed by atoms with Gasteiger partial charge in [-0.2, -0.15) is 8.75 Å². The van der Waals surface area contributed by atoms with Crippen LogP contribution in [0.1, 0.15) is 10.4 Å². The third-order valence-corrected chi connectivity index (χ3v) is 5.18. The van der Waals surface area contributed by atoms with Gasteiger partial charge < -0.3 is 15.1 Å². The zero-order valence-corrected chi connectivity index (χ0v) is 14.8. The molecule has 25 heavy (non-hydrogen) atoms. The summed E-state index contributed by atoms with van der Waals surface area (Å²) in [5.41, 5.74) is 4.11. The molecule has 0 radical (unpaired) electrons. The molecule has 0 aliphatic carbocycles. The number of likely N-dealkylation sites (N-methyl/N-ethyl adjacent to an activating group) is 1. The fraction of sp³-hybridized carbons (Fsp3) is 0.278. The monoisotopic (exact) mass is 354 g/mol. The molecular weight excluding hydrogens is 334 g/mol. The van der Waals surface area contributed by atoms with Crippen LogP contribution in [0.5, 0.6) is 0 Å². The Balaban J connectivity index is 1.56. The third-order valence-electron chi connectivity index (χ3n) is 4.63. The van der Waals surface area contributed by atoms with Gasteiger partial charge in [0.25, 0.3) is 5.91 Å². The van der Waals surface area contributed by atoms with E-state index in [1.165, 1.54) is 0 Å². The van der Waals surface area contributed by atoms with E-state index in [1.807, 2.05) is 24.3 Å². The van der Waals surface area contributed by atoms with Gasteiger partial charge in [0.2, 0.25) is 0 Å². The van der Waals surface area contributed by atoms with Crippen molar-refractivity contribution in [2.24, 2.45) is 0 Å². The first-order valence-corrected chi connectivity index (χ1v) is 9.13. The molecule has 2 N–H and O–H groups in total. The van der Waals surface area contributed by atoms with E-state index in [0.717, 1.165) is 60.3 Å². The second kappa shape index (κ2) is 6.78. The number of quaternary nitrogens is 1. The summed E-state index contributed by atoms with van der Waals surface area (Å²) >= 11 is 1.16. The van der Waals surface area contributed by atoms with Crippen molar-refractivity contribution in [3.05, 3.63) is 48.0 Å². The zero-order chi connectivity index (χ0) is 17.2. The second-order valence-corrected chi connectivity index (χ2v) is 6.91. The number of hydrogen-bond donors (Lipinski definition) is 2. The molecule has 1 fully saturated rings. The van der Waals surface area contributed by atoms with E-state index in [2.05, 4.69) is 32.1 Å². The van der Waals surface area contributed by atoms with Crippen molar-refractivity contribution >= 4 is 40.0 Å². The molecule has 6 nitrogen and oxygen atoms in total. The summed E-state index contributed by atoms with van der Waals surface area (Å²) in [5, 5.41) is 3.06. The number of hydrogen-bond acceptors (Lipinski definition) is 5. The zero-order valence-electron chi connectivity index (χ0n) is 14.0. The van der Waals surface area contributed by atoms with Gasteiger partial charge in [-0.15, -0.1) is 0 Å². The molecule has 1 aliphatic heterocycles. The topological polar surface area (TPSA) is 62.6 Å². The number of fused-ring (bicyclic) bond motifs is 1. The van der Waals surface area contributed by atoms with E-state index >= 15 is 0 Å². The van der Waals surface area contributed by atoms with Crippen molar-refractivity contribution in [1.82, 2.24) is 8.75 Å². The maximum Gasteiger partial charge on any atom is 0.255 e. The average Bonchev–Trinajstić information content (AvgIpc) is 3.11. The average molecular weight is 354 g/mol. The summed E-state index contributed by atoms with van der Waals surface area (Å²) in [7, 11) is 2.22. The number of nitrogens with zero attached hydrogens (tertiary/aromatic N) is 3. The van der Waals surface area contributed by atoms with Crippen molar-refractivity contribution in [2.45, 2.75) is 0 Å². The quantitative estimate of drug-likeness (QED) is 0.744. The molecule has 0 unspecified atom stereocenters. The Morgan fingerprint density at radius 2 is 1.88 bits per heavy atom. The Hall–Kier alpha value is -2.51. The number of anilines is 2. The smallest absolute Gasteiger partial charge is 0.255 e. The van der Waals surface area contributed by atoms with E-state index in [4.69, 9.17) is 0 Å². The Morgan fingerprint density at radius 3 is 2.72 bits per heavy atom. The van der Waals surface area contributed by atoms with Gasteiger partial charge in [-0.1, -0.05) is 12.1 Å². The second-order valence-electron chi connectivity index (χ2n) is 6.38. The highest BCUT2D eigenvalue weighted by molar-refractivity contribution is 7.00. The van der Waals surface area contributed by atoms with Gasteiger partial charge in [0.1, 0.15) is 11.0 Å². The summed E-state index contributed by atoms with van der Waals surface area (Å²) in [5.74, 6) is -0.123. The lowest BCUT2D eigenvalue weighted by Gasteiger charge is -2.33. The van der Waals surface area contributed by atoms with Crippen LogP contribution in [0, 0.1) is 0 Å². The summed E-state index contributed by atoms with van der Waals surface area (Å²) < 4.78 is 8.38. The molecule has 1 aromatic heterocycles. The number of benzene rings is 2. The van der Waals surface area contributed by atoms with Crippen molar-refractivity contribution in [2.75, 3.05) is 43.4 Å². The molecule has 2 aromatic carbocycles. The van der Waals surface area contributed by atoms with E-state index in [1.54, 1.807) is 17.0 Å². The lowest BCUT2D eigenvalue weighted by Crippen LogP contribution is -3.12. The minimum atomic E-state index is -0.123. The molecule has 0 spiro atoms. The molecule has 1 saturated heterocycles. The van der Waals surface area contributed by atoms with Crippen LogP contribution in [0.4, 0.5) is 11.4 Å². The predicted molar refractivity (Wildman–Crippen MR) is 101 cm³/mol. The highest BCUT2D eigenvalue weighted by atomic mass is 32.1. The highest BCUT2D eigenvalue weighted by Gasteiger charge is 2.20. The summed E-state index contributed by atoms with van der Waals surface area (Å²) in [6.07, 6.45) is 0. The molecular formula is C18H20N5OS+. The van der Waals surface area contributed by atoms with Crippen molar-refractivity contribution in [3.8, 4) is 0 Å². The van der Waals surface area contributed by atoms with Crippen LogP contribution in [-0.2, 0) is 0 Å². The standard InChI is InChI=1S/C18H19N5OS/c1-22-8-10-23(11-9-22)17-5-3-2-4-15(17)19-18(24)13-6-7-14-16(12-13)21-25-20-14/h2-7,12H,8-11H2,1H3,(H,19,24)/p+1. The fourth-order valence-electron chi connectivity index (χ4n) is 3.10. The Bertz CT molecular complexity index is 901. The van der Waals surface area contributed by atoms with E-state index in [9.17, 15) is 4.79 Å². The molecule has 0 saturated carbocycles. The van der Waals surface area contributed by atoms with Crippen LogP contribution < -0.4 is 15.1 Å². The van der Waals surface area contributed by atoms with Gasteiger partial charge in [-0.05, 0) is 30.3 Å². The lowest BCUT2D eigenvalue weighted by molar-refractivity contribution is -0.880. The van der Waals surface area contributed by atoms with Gasteiger partial charge in [-0.3, -0.25) is 4.79 Å². The Labute approximate surface area is 150 Å². The van der Waals surface area contributed by atoms with E-state index < -0.39 is 0 Å². The molecule has 0 bridgehead atoms. The van der Waals surface area contributed by atoms with Crippen LogP contribution in [0.25, 0.3) is 11.0 Å². The van der Waals surface area contributed by atoms with Crippen molar-refractivity contribution in [1.29, 1.82) is 0 Å². The number of aromatic nitrogens is 2. The van der Waals surface area contributed by atoms with Crippen LogP contribution in [0.2, 0.25) is 0 Å². The van der Waals surface area contributed by atoms with E-state index in [0.29, 0.717) is 5.56 Å². The fourth-order valence-corrected chi connectivity index (χ4v) is 3.62. The van der Waals surface area contributed by atoms with Crippen LogP contribution >= 0.6 is 11.7 Å². The maximum atomic E-state index is 12.7. The number of carbonyl (C=O) groups excluding carboxylic acids is 1. The molecule has 0 atom stereocenters. The normalized spacial score (nSPS) is 15.5. The number of carbonyl (C=O) groups is 1. The maximum absolute atomic E-state index is 12.7. The first-order chi connectivity index (χ1) is 12.2. The number of para-hydroxylation sites is 2. The molecule has 4 rings (SSSR count). The van der Waals surface area contributed by atoms with Crippen LogP contribution in [0.3, 0.4) is 0 Å². The minimum Gasteiger partial charge on any atom is -0.359 e. The number of piperazine rings is 1. The molecule has 2 heterocycles. The first-order valence-electron chi connectivity index (χ1n) is 8.40. The molecule has 1 amide bonds. The number of rotatable bonds is 3. The molecule has 128 valence electrons. The minimum absolute atomic E-state index is 0.123. The number of amides is 1. The van der Waals surface area contributed by atoms with E-state index in [-0.39, 0.29) is 5.91 Å². The summed E-state index contributed by atoms with van der Waals surface area (Å²) in [6.45, 7) is 4.20. The lowest BCUT2D eigenvalue weighted by atomic mass is 10.1. The van der Waals surface area contributed by atoms with Gasteiger partial charge in [0.05, 0.1) is 56.3 Å². The largest absolute Gasteiger partial charge is 0.359 e. The SMILES string of the molecule is C[NH+]1CCN(c2ccccc2NC(=O)c2ccc3nsnc3c2)CC1. The molecule has 1 aliphatic rings. The van der Waals surface area contributed by atoms with Gasteiger partial charge >= 0.3 is 0 Å². The van der Waals surface area contributed by atoms with Gasteiger partial charge in [0.15, 0.2) is 0 Å². The predicted octanol–water partition coefficient (Wildman–Crippen LogP) is 1.28. The molecule has 7 heteroatoms. The highest BCUT2D eigenvalue weighted by Crippen LogP contribution is 2.26. The summed E-state index contributed by atoms with van der Waals surface area (Å²) in [4.78, 5) is 16.6. The Morgan fingerprint density at radius 1 is 1.12 bits per heavy atom. The first kappa shape index (κ1) is 16.0. The van der Waals surface area contributed by atoms with Crippen LogP contribution in [0.15, 0.2) is 42.5 Å². The van der Waals surface area contributed by atoms with Crippen molar-refractivity contribution < 1.29 is 9.69 Å². The number of nitrogens with one attached hydrogen (secondary N) is 2. The summed E-state index contributed by atoms with van der Waals surface area (Å²) in [6, 6.07) is 13.4. The van der Waals surface area contributed by atoms with Gasteiger partial charge in [0, 0.05) is 5.56 Å². The molecule has 3 aromatic rings. The third kappa shape index (κ3) is 3.33. The van der Waals surface area contributed by atoms with Crippen LogP contribution in [-0.4, -0.2) is 47.9 Å². The van der Waals surface area contributed by atoms with Crippen molar-refractivity contribution in [3.63, 3.8) is 0 Å².